The molecule has 4 N–H and O–H groups in total. The van der Waals surface area contributed by atoms with Crippen LogP contribution in [-0.2, 0) is 9.59 Å². The normalized spacial score (nSPS) is 51.9. The highest BCUT2D eigenvalue weighted by Gasteiger charge is 2.68. The predicted octanol–water partition coefficient (Wildman–Crippen LogP) is 0.752. The van der Waals surface area contributed by atoms with Gasteiger partial charge in [0.05, 0.1) is 12.2 Å². The van der Waals surface area contributed by atoms with Crippen LogP contribution in [0.25, 0.3) is 0 Å². The van der Waals surface area contributed by atoms with Crippen molar-refractivity contribution in [2.24, 2.45) is 28.6 Å². The zero-order valence-electron chi connectivity index (χ0n) is 16.0. The molecule has 3 saturated carbocycles. The summed E-state index contributed by atoms with van der Waals surface area (Å²) in [5.41, 5.74) is -2.17. The van der Waals surface area contributed by atoms with Gasteiger partial charge in [0.15, 0.2) is 11.6 Å². The van der Waals surface area contributed by atoms with E-state index in [0.29, 0.717) is 25.7 Å². The zero-order valence-corrected chi connectivity index (χ0v) is 16.0. The maximum absolute atomic E-state index is 12.4. The van der Waals surface area contributed by atoms with E-state index in [1.807, 2.05) is 13.8 Å². The lowest BCUT2D eigenvalue weighted by Crippen LogP contribution is -2.63. The molecule has 0 aromatic heterocycles. The molecule has 0 aromatic carbocycles. The van der Waals surface area contributed by atoms with Gasteiger partial charge in [-0.2, -0.15) is 0 Å². The molecule has 6 nitrogen and oxygen atoms in total. The molecule has 0 spiro atoms. The van der Waals surface area contributed by atoms with Gasteiger partial charge >= 0.3 is 0 Å². The second-order valence-corrected chi connectivity index (χ2v) is 9.70. The smallest absolute Gasteiger partial charge is 0.190 e. The van der Waals surface area contributed by atoms with Gasteiger partial charge in [0.25, 0.3) is 0 Å². The predicted molar refractivity (Wildman–Crippen MR) is 96.5 cm³/mol. The molecule has 8 atom stereocenters. The highest BCUT2D eigenvalue weighted by atomic mass is 16.3. The summed E-state index contributed by atoms with van der Waals surface area (Å²) in [5.74, 6) is -0.713. The Balaban J connectivity index is 1.77. The first-order chi connectivity index (χ1) is 12.6. The molecule has 0 heterocycles. The Morgan fingerprint density at radius 3 is 2.63 bits per heavy atom. The molecule has 6 heteroatoms. The van der Waals surface area contributed by atoms with E-state index in [-0.39, 0.29) is 36.4 Å². The Labute approximate surface area is 159 Å². The summed E-state index contributed by atoms with van der Waals surface area (Å²) in [6.07, 6.45) is 2.75. The third-order valence-corrected chi connectivity index (χ3v) is 8.67. The molecule has 150 valence electrons. The van der Waals surface area contributed by atoms with Gasteiger partial charge in [0.1, 0.15) is 12.2 Å². The molecule has 0 amide bonds. The Hall–Kier alpha value is -1.08. The highest BCUT2D eigenvalue weighted by molar-refractivity contribution is 5.92. The van der Waals surface area contributed by atoms with Gasteiger partial charge < -0.3 is 20.4 Å². The maximum Gasteiger partial charge on any atom is 0.190 e. The number of hydrogen-bond acceptors (Lipinski definition) is 6. The summed E-state index contributed by atoms with van der Waals surface area (Å²) < 4.78 is 0. The molecule has 0 saturated heterocycles. The molecule has 0 aromatic rings. The van der Waals surface area contributed by atoms with Crippen LogP contribution >= 0.6 is 0 Å². The molecule has 5 unspecified atom stereocenters. The molecule has 4 aliphatic carbocycles. The SMILES string of the molecule is C[C@]12CCC(=O)C=C1C(O)CC1C2C(O)C[C@@]2(C)C1CC[C@]2(O)C(=O)CO. The van der Waals surface area contributed by atoms with Gasteiger partial charge in [-0.05, 0) is 66.9 Å². The van der Waals surface area contributed by atoms with Gasteiger partial charge in [0, 0.05) is 11.8 Å². The molecule has 4 aliphatic rings. The van der Waals surface area contributed by atoms with Crippen LogP contribution in [0.5, 0.6) is 0 Å². The first-order valence-electron chi connectivity index (χ1n) is 10.1. The van der Waals surface area contributed by atoms with Crippen LogP contribution in [0.2, 0.25) is 0 Å². The molecule has 0 aliphatic heterocycles. The molecule has 27 heavy (non-hydrogen) atoms. The Morgan fingerprint density at radius 1 is 1.26 bits per heavy atom. The largest absolute Gasteiger partial charge is 0.393 e. The van der Waals surface area contributed by atoms with Crippen LogP contribution in [0.4, 0.5) is 0 Å². The van der Waals surface area contributed by atoms with Crippen molar-refractivity contribution in [1.82, 2.24) is 0 Å². The van der Waals surface area contributed by atoms with Gasteiger partial charge in [-0.25, -0.2) is 0 Å². The molecule has 4 rings (SSSR count). The van der Waals surface area contributed by atoms with E-state index in [9.17, 15) is 30.0 Å². The van der Waals surface area contributed by atoms with E-state index in [2.05, 4.69) is 0 Å². The van der Waals surface area contributed by atoms with Crippen LogP contribution < -0.4 is 0 Å². The average Bonchev–Trinajstić information content (AvgIpc) is 2.87. The lowest BCUT2D eigenvalue weighted by molar-refractivity contribution is -0.187. The van der Waals surface area contributed by atoms with Crippen LogP contribution in [0.3, 0.4) is 0 Å². The lowest BCUT2D eigenvalue weighted by atomic mass is 9.45. The number of Topliss-reactive ketones (excluding diaryl/α,β-unsaturated/α-hetero) is 1. The topological polar surface area (TPSA) is 115 Å². The van der Waals surface area contributed by atoms with Crippen LogP contribution in [0, 0.1) is 28.6 Å². The van der Waals surface area contributed by atoms with E-state index < -0.39 is 41.0 Å². The number of carbonyl (C=O) groups excluding carboxylic acids is 2. The first-order valence-corrected chi connectivity index (χ1v) is 10.1. The van der Waals surface area contributed by atoms with Gasteiger partial charge in [-0.15, -0.1) is 0 Å². The molecule has 3 fully saturated rings. The Kier molecular flexibility index (Phi) is 4.25. The van der Waals surface area contributed by atoms with Crippen LogP contribution in [0.1, 0.15) is 52.4 Å². The van der Waals surface area contributed by atoms with Crippen molar-refractivity contribution >= 4 is 11.6 Å². The summed E-state index contributed by atoms with van der Waals surface area (Å²) in [5, 5.41) is 42.6. The van der Waals surface area contributed by atoms with Crippen molar-refractivity contribution in [3.05, 3.63) is 11.6 Å². The van der Waals surface area contributed by atoms with E-state index in [4.69, 9.17) is 0 Å². The standard InChI is InChI=1S/C21H30O6/c1-19-5-3-11(23)7-14(19)15(24)8-12-13-4-6-21(27,17(26)10-22)20(13,2)9-16(25)18(12)19/h7,12-13,15-16,18,22,24-25,27H,3-6,8-10H2,1-2H3/t12?,13?,15?,16?,18?,19-,20-,21-/m0/s1. The number of hydrogen-bond donors (Lipinski definition) is 4. The van der Waals surface area contributed by atoms with E-state index in [1.165, 1.54) is 0 Å². The Morgan fingerprint density at radius 2 is 1.96 bits per heavy atom. The maximum atomic E-state index is 12.4. The fourth-order valence-corrected chi connectivity index (χ4v) is 7.33. The monoisotopic (exact) mass is 378 g/mol. The van der Waals surface area contributed by atoms with Crippen molar-refractivity contribution in [1.29, 1.82) is 0 Å². The number of ketones is 2. The van der Waals surface area contributed by atoms with Gasteiger partial charge in [-0.1, -0.05) is 13.8 Å². The second kappa shape index (κ2) is 5.96. The molecule has 0 radical (unpaired) electrons. The van der Waals surface area contributed by atoms with Crippen molar-refractivity contribution in [3.63, 3.8) is 0 Å². The van der Waals surface area contributed by atoms with Gasteiger partial charge in [-0.3, -0.25) is 9.59 Å². The van der Waals surface area contributed by atoms with E-state index in [0.717, 1.165) is 5.57 Å². The summed E-state index contributed by atoms with van der Waals surface area (Å²) in [7, 11) is 0. The van der Waals surface area contributed by atoms with E-state index >= 15 is 0 Å². The number of aliphatic hydroxyl groups excluding tert-OH is 3. The van der Waals surface area contributed by atoms with Crippen LogP contribution in [-0.4, -0.2) is 56.4 Å². The minimum Gasteiger partial charge on any atom is -0.393 e. The fraction of sp³-hybridized carbons (Fsp3) is 0.810. The van der Waals surface area contributed by atoms with Crippen molar-refractivity contribution in [3.8, 4) is 0 Å². The summed E-state index contributed by atoms with van der Waals surface area (Å²) in [4.78, 5) is 24.3. The number of aliphatic hydroxyl groups is 4. The Bertz CT molecular complexity index is 715. The van der Waals surface area contributed by atoms with Crippen molar-refractivity contribution in [2.75, 3.05) is 6.61 Å². The number of rotatable bonds is 2. The van der Waals surface area contributed by atoms with Crippen LogP contribution in [0.15, 0.2) is 11.6 Å². The number of fused-ring (bicyclic) bond motifs is 5. The quantitative estimate of drug-likeness (QED) is 0.564. The van der Waals surface area contributed by atoms with Gasteiger partial charge in [0.2, 0.25) is 0 Å². The summed E-state index contributed by atoms with van der Waals surface area (Å²) in [6.45, 7) is 3.18. The van der Waals surface area contributed by atoms with E-state index in [1.54, 1.807) is 6.08 Å². The minimum atomic E-state index is -1.64. The summed E-state index contributed by atoms with van der Waals surface area (Å²) >= 11 is 0. The summed E-state index contributed by atoms with van der Waals surface area (Å²) in [6, 6.07) is 0. The second-order valence-electron chi connectivity index (χ2n) is 9.70. The van der Waals surface area contributed by atoms with Crippen molar-refractivity contribution in [2.45, 2.75) is 70.2 Å². The third-order valence-electron chi connectivity index (χ3n) is 8.67. The zero-order chi connectivity index (χ0) is 19.8. The third kappa shape index (κ3) is 2.33. The lowest BCUT2D eigenvalue weighted by Gasteiger charge is -2.61. The molecule has 0 bridgehead atoms. The average molecular weight is 378 g/mol. The molecular formula is C21H30O6. The minimum absolute atomic E-state index is 0.0166. The fourth-order valence-electron chi connectivity index (χ4n) is 7.33. The highest BCUT2D eigenvalue weighted by Crippen LogP contribution is 2.67. The first kappa shape index (κ1) is 19.2. The number of carbonyl (C=O) groups is 2. The molecular weight excluding hydrogens is 348 g/mol. The van der Waals surface area contributed by atoms with Crippen molar-refractivity contribution < 1.29 is 30.0 Å².